The van der Waals surface area contributed by atoms with Crippen LogP contribution in [-0.2, 0) is 26.6 Å². The van der Waals surface area contributed by atoms with Gasteiger partial charge in [-0.1, -0.05) is 43.7 Å². The lowest BCUT2D eigenvalue weighted by atomic mass is 9.54. The molecule has 9 nitrogen and oxygen atoms in total. The second-order valence-corrected chi connectivity index (χ2v) is 19.6. The fourth-order valence-corrected chi connectivity index (χ4v) is 11.7. The highest BCUT2D eigenvalue weighted by Gasteiger charge is 2.56. The van der Waals surface area contributed by atoms with Gasteiger partial charge in [0, 0.05) is 67.9 Å². The minimum atomic E-state index is -3.96. The summed E-state index contributed by atoms with van der Waals surface area (Å²) in [5.41, 5.74) is 2.70. The van der Waals surface area contributed by atoms with Crippen LogP contribution in [0.3, 0.4) is 0 Å². The number of piperazine rings is 1. The van der Waals surface area contributed by atoms with Crippen LogP contribution in [0, 0.1) is 17.3 Å². The first-order valence-electron chi connectivity index (χ1n) is 19.2. The van der Waals surface area contributed by atoms with E-state index in [4.69, 9.17) is 21.1 Å². The smallest absolute Gasteiger partial charge is 0.264 e. The number of sulfonamides is 1. The summed E-state index contributed by atoms with van der Waals surface area (Å²) < 4.78 is 43.1. The van der Waals surface area contributed by atoms with Crippen LogP contribution in [0.25, 0.3) is 0 Å². The van der Waals surface area contributed by atoms with E-state index in [-0.39, 0.29) is 22.7 Å². The Balaban J connectivity index is 1.34. The normalized spacial score (nSPS) is 37.1. The predicted octanol–water partition coefficient (Wildman–Crippen LogP) is 6.34. The number of allylic oxidation sites excluding steroid dienone is 1. The minimum absolute atomic E-state index is 0.122. The van der Waals surface area contributed by atoms with Gasteiger partial charge in [-0.15, -0.1) is 0 Å². The van der Waals surface area contributed by atoms with Crippen molar-refractivity contribution in [1.29, 1.82) is 0 Å². The molecule has 2 aliphatic carbocycles. The standard InChI is InChI=1S/C41H57ClN4O5S/c1-27-9-7-17-41(50-6,25-45-21-28(2)43-29(3)22-45)37-15-18-39(37,5)23-46-24-40(16-8-10-31-19-33(42)12-13-34(31)40)26-51-36-14-11-32(20-35(36)46)38(47)44-52(48,49)30(27)4/h7,11-14,17,19-20,27-30,37,43H,8-10,15-16,18,21-26H2,1-6H3,(H,44,47)/b17-7+/t27-,28-,29+,30+,37+,39?,40-,41-/m0/s1. The molecule has 2 aromatic carbocycles. The zero-order valence-corrected chi connectivity index (χ0v) is 33.3. The number of hydrogen-bond donors (Lipinski definition) is 2. The predicted molar refractivity (Wildman–Crippen MR) is 208 cm³/mol. The molecule has 0 radical (unpaired) electrons. The van der Waals surface area contributed by atoms with Crippen LogP contribution in [0.2, 0.25) is 5.02 Å². The molecular weight excluding hydrogens is 696 g/mol. The molecule has 1 unspecified atom stereocenters. The Kier molecular flexibility index (Phi) is 10.3. The highest BCUT2D eigenvalue weighted by molar-refractivity contribution is 7.90. The number of carbonyl (C=O) groups excluding carboxylic acids is 1. The first-order chi connectivity index (χ1) is 24.7. The van der Waals surface area contributed by atoms with Crippen molar-refractivity contribution in [3.63, 3.8) is 0 Å². The van der Waals surface area contributed by atoms with Gasteiger partial charge in [-0.25, -0.2) is 13.1 Å². The van der Waals surface area contributed by atoms with Crippen molar-refractivity contribution in [2.24, 2.45) is 17.3 Å². The molecule has 5 aliphatic rings. The maximum atomic E-state index is 13.7. The molecule has 1 saturated heterocycles. The van der Waals surface area contributed by atoms with Crippen LogP contribution in [-0.4, -0.2) is 88.6 Å². The first-order valence-corrected chi connectivity index (χ1v) is 21.2. The summed E-state index contributed by atoms with van der Waals surface area (Å²) in [4.78, 5) is 18.7. The van der Waals surface area contributed by atoms with E-state index < -0.39 is 26.8 Å². The van der Waals surface area contributed by atoms with Gasteiger partial charge in [0.25, 0.3) is 5.91 Å². The molecule has 3 aliphatic heterocycles. The third-order valence-corrected chi connectivity index (χ3v) is 15.4. The molecule has 11 heteroatoms. The van der Waals surface area contributed by atoms with Gasteiger partial charge in [0.1, 0.15) is 11.4 Å². The third-order valence-electron chi connectivity index (χ3n) is 13.2. The summed E-state index contributed by atoms with van der Waals surface area (Å²) in [6.07, 6.45) is 9.99. The summed E-state index contributed by atoms with van der Waals surface area (Å²) in [6.45, 7) is 15.1. The Labute approximate surface area is 315 Å². The average molecular weight is 753 g/mol. The highest BCUT2D eigenvalue weighted by atomic mass is 35.5. The van der Waals surface area contributed by atoms with Crippen LogP contribution in [0.5, 0.6) is 5.75 Å². The Morgan fingerprint density at radius 2 is 1.81 bits per heavy atom. The topological polar surface area (TPSA) is 100 Å². The van der Waals surface area contributed by atoms with Crippen molar-refractivity contribution in [3.05, 3.63) is 70.3 Å². The number of methoxy groups -OCH3 is 1. The number of amides is 1. The van der Waals surface area contributed by atoms with E-state index in [1.54, 1.807) is 13.0 Å². The second-order valence-electron chi connectivity index (χ2n) is 17.1. The molecule has 2 bridgehead atoms. The quantitative estimate of drug-likeness (QED) is 0.351. The Bertz CT molecular complexity index is 1810. The van der Waals surface area contributed by atoms with Crippen LogP contribution >= 0.6 is 11.6 Å². The Morgan fingerprint density at radius 3 is 2.52 bits per heavy atom. The number of halogens is 1. The number of carbonyl (C=O) groups is 1. The SMILES string of the molecule is CO[C@]1(CN2C[C@@H](C)N[C@@H](C)C2)/C=C/C[C@H](C)[C@@H](C)S(=O)(=O)NC(=O)c2ccc3c(c2)N(CC2(C)CC[C@H]21)C[C@@]1(CCCc2cc(Cl)ccc21)CO3. The summed E-state index contributed by atoms with van der Waals surface area (Å²) in [7, 11) is -2.11. The fourth-order valence-electron chi connectivity index (χ4n) is 10.2. The van der Waals surface area contributed by atoms with E-state index in [2.05, 4.69) is 64.9 Å². The molecule has 2 N–H and O–H groups in total. The fraction of sp³-hybridized carbons (Fsp3) is 0.634. The average Bonchev–Trinajstić information content (AvgIpc) is 3.22. The third kappa shape index (κ3) is 7.03. The number of nitrogens with one attached hydrogen (secondary N) is 2. The highest BCUT2D eigenvalue weighted by Crippen LogP contribution is 2.56. The van der Waals surface area contributed by atoms with Crippen LogP contribution in [0.15, 0.2) is 48.6 Å². The number of hydrogen-bond acceptors (Lipinski definition) is 8. The number of fused-ring (bicyclic) bond motifs is 4. The molecule has 7 rings (SSSR count). The lowest BCUT2D eigenvalue weighted by Crippen LogP contribution is -2.64. The largest absolute Gasteiger partial charge is 0.490 e. The van der Waals surface area contributed by atoms with E-state index in [0.29, 0.717) is 43.0 Å². The van der Waals surface area contributed by atoms with E-state index in [1.165, 1.54) is 11.1 Å². The number of benzene rings is 2. The molecule has 2 aromatic rings. The van der Waals surface area contributed by atoms with Crippen LogP contribution in [0.1, 0.15) is 88.2 Å². The lowest BCUT2D eigenvalue weighted by Gasteiger charge is -2.58. The van der Waals surface area contributed by atoms with Gasteiger partial charge in [-0.05, 0) is 118 Å². The molecular formula is C41H57ClN4O5S. The molecule has 8 atom stereocenters. The van der Waals surface area contributed by atoms with E-state index >= 15 is 0 Å². The number of aryl methyl sites for hydroxylation is 1. The van der Waals surface area contributed by atoms with E-state index in [1.807, 2.05) is 32.2 Å². The van der Waals surface area contributed by atoms with Crippen molar-refractivity contribution in [2.45, 2.75) is 101 Å². The van der Waals surface area contributed by atoms with Crippen molar-refractivity contribution >= 4 is 33.2 Å². The Morgan fingerprint density at radius 1 is 1.04 bits per heavy atom. The number of rotatable bonds is 3. The van der Waals surface area contributed by atoms with Crippen LogP contribution < -0.4 is 19.7 Å². The van der Waals surface area contributed by atoms with Crippen LogP contribution in [0.4, 0.5) is 5.69 Å². The second kappa shape index (κ2) is 14.2. The molecule has 0 aromatic heterocycles. The molecule has 1 saturated carbocycles. The van der Waals surface area contributed by atoms with Crippen molar-refractivity contribution < 1.29 is 22.7 Å². The van der Waals surface area contributed by atoms with Gasteiger partial charge in [0.05, 0.1) is 17.5 Å². The first kappa shape index (κ1) is 37.7. The number of ether oxygens (including phenoxy) is 2. The summed E-state index contributed by atoms with van der Waals surface area (Å²) in [6, 6.07) is 12.4. The van der Waals surface area contributed by atoms with Crippen molar-refractivity contribution in [3.8, 4) is 5.75 Å². The number of anilines is 1. The maximum absolute atomic E-state index is 13.7. The molecule has 284 valence electrons. The summed E-state index contributed by atoms with van der Waals surface area (Å²) >= 11 is 6.51. The monoisotopic (exact) mass is 752 g/mol. The van der Waals surface area contributed by atoms with Gasteiger partial charge in [0.15, 0.2) is 0 Å². The van der Waals surface area contributed by atoms with Gasteiger partial charge < -0.3 is 19.7 Å². The van der Waals surface area contributed by atoms with E-state index in [9.17, 15) is 13.2 Å². The Hall–Kier alpha value is -2.63. The molecule has 52 heavy (non-hydrogen) atoms. The zero-order valence-electron chi connectivity index (χ0n) is 31.7. The molecule has 1 amide bonds. The van der Waals surface area contributed by atoms with Crippen molar-refractivity contribution in [1.82, 2.24) is 14.9 Å². The van der Waals surface area contributed by atoms with E-state index in [0.717, 1.165) is 69.0 Å². The minimum Gasteiger partial charge on any atom is -0.490 e. The molecule has 1 spiro atoms. The van der Waals surface area contributed by atoms with Gasteiger partial charge >= 0.3 is 0 Å². The molecule has 2 fully saturated rings. The summed E-state index contributed by atoms with van der Waals surface area (Å²) in [5, 5.41) is 3.64. The van der Waals surface area contributed by atoms with Gasteiger partial charge in [-0.2, -0.15) is 0 Å². The molecule has 3 heterocycles. The zero-order chi connectivity index (χ0) is 37.1. The van der Waals surface area contributed by atoms with Gasteiger partial charge in [-0.3, -0.25) is 9.69 Å². The number of nitrogens with zero attached hydrogens (tertiary/aromatic N) is 2. The van der Waals surface area contributed by atoms with Gasteiger partial charge in [0.2, 0.25) is 10.0 Å². The lowest BCUT2D eigenvalue weighted by molar-refractivity contribution is -0.129. The maximum Gasteiger partial charge on any atom is 0.264 e. The van der Waals surface area contributed by atoms with Crippen molar-refractivity contribution in [2.75, 3.05) is 51.3 Å². The summed E-state index contributed by atoms with van der Waals surface area (Å²) in [5.74, 6) is 0.0725.